The highest BCUT2D eigenvalue weighted by Gasteiger charge is 2.33. The first-order chi connectivity index (χ1) is 8.47. The second-order valence-electron chi connectivity index (χ2n) is 3.92. The summed E-state index contributed by atoms with van der Waals surface area (Å²) in [5, 5.41) is 0. The number of rotatable bonds is 3. The van der Waals surface area contributed by atoms with Gasteiger partial charge in [-0.15, -0.1) is 0 Å². The van der Waals surface area contributed by atoms with Crippen molar-refractivity contribution in [3.05, 3.63) is 45.8 Å². The Balaban J connectivity index is 2.58. The summed E-state index contributed by atoms with van der Waals surface area (Å²) < 4.78 is 31.9. The molecular weight excluding hydrogens is 242 g/mol. The average molecular weight is 254 g/mol. The van der Waals surface area contributed by atoms with Crippen LogP contribution in [0.4, 0.5) is 8.78 Å². The first-order valence-electron chi connectivity index (χ1n) is 5.37. The van der Waals surface area contributed by atoms with Crippen LogP contribution in [0, 0.1) is 0 Å². The minimum Gasteiger partial charge on any atom is -0.501 e. The monoisotopic (exact) mass is 254 g/mol. The number of alkyl halides is 2. The molecule has 0 unspecified atom stereocenters. The molecule has 0 saturated heterocycles. The van der Waals surface area contributed by atoms with Gasteiger partial charge in [0.1, 0.15) is 0 Å². The Labute approximate surface area is 102 Å². The number of aromatic amines is 1. The number of H-pyrrole nitrogens is 1. The summed E-state index contributed by atoms with van der Waals surface area (Å²) in [5.41, 5.74) is -0.864. The molecule has 0 amide bonds. The van der Waals surface area contributed by atoms with E-state index in [-0.39, 0.29) is 0 Å². The van der Waals surface area contributed by atoms with Gasteiger partial charge in [0.05, 0.1) is 18.6 Å². The quantitative estimate of drug-likeness (QED) is 0.839. The lowest BCUT2D eigenvalue weighted by molar-refractivity contribution is 0.0457. The van der Waals surface area contributed by atoms with E-state index in [9.17, 15) is 13.6 Å². The summed E-state index contributed by atoms with van der Waals surface area (Å²) >= 11 is 0. The third-order valence-electron chi connectivity index (χ3n) is 2.77. The molecule has 1 N–H and O–H groups in total. The van der Waals surface area contributed by atoms with Crippen LogP contribution in [0.1, 0.15) is 23.5 Å². The highest BCUT2D eigenvalue weighted by Crippen LogP contribution is 2.27. The topological polar surface area (TPSA) is 55.0 Å². The SMILES string of the molecule is C=CC(F)(F)c1nc2c([nH]c1=O)CCC(OC)=C2. The van der Waals surface area contributed by atoms with Crippen LogP contribution in [0.2, 0.25) is 0 Å². The van der Waals surface area contributed by atoms with E-state index in [2.05, 4.69) is 16.5 Å². The molecule has 2 rings (SSSR count). The third kappa shape index (κ3) is 2.05. The van der Waals surface area contributed by atoms with Crippen molar-refractivity contribution in [2.75, 3.05) is 7.11 Å². The van der Waals surface area contributed by atoms with Gasteiger partial charge in [0, 0.05) is 18.2 Å². The Kier molecular flexibility index (Phi) is 3.02. The number of aromatic nitrogens is 2. The molecule has 4 nitrogen and oxygen atoms in total. The van der Waals surface area contributed by atoms with Gasteiger partial charge in [0.2, 0.25) is 0 Å². The van der Waals surface area contributed by atoms with E-state index in [1.165, 1.54) is 7.11 Å². The average Bonchev–Trinajstić information content (AvgIpc) is 2.37. The molecular formula is C12H12F2N2O2. The molecule has 0 radical (unpaired) electrons. The van der Waals surface area contributed by atoms with Crippen LogP contribution in [-0.2, 0) is 17.1 Å². The first-order valence-corrected chi connectivity index (χ1v) is 5.37. The number of methoxy groups -OCH3 is 1. The molecule has 1 heterocycles. The highest BCUT2D eigenvalue weighted by molar-refractivity contribution is 5.52. The molecule has 1 aromatic rings. The number of aryl methyl sites for hydroxylation is 1. The largest absolute Gasteiger partial charge is 0.501 e. The van der Waals surface area contributed by atoms with Crippen LogP contribution >= 0.6 is 0 Å². The third-order valence-corrected chi connectivity index (χ3v) is 2.77. The van der Waals surface area contributed by atoms with Gasteiger partial charge < -0.3 is 9.72 Å². The van der Waals surface area contributed by atoms with E-state index in [0.717, 1.165) is 0 Å². The van der Waals surface area contributed by atoms with Crippen LogP contribution < -0.4 is 5.56 Å². The van der Waals surface area contributed by atoms with Gasteiger partial charge in [-0.2, -0.15) is 8.78 Å². The van der Waals surface area contributed by atoms with Gasteiger partial charge in [0.25, 0.3) is 5.56 Å². The van der Waals surface area contributed by atoms with Crippen molar-refractivity contribution < 1.29 is 13.5 Å². The highest BCUT2D eigenvalue weighted by atomic mass is 19.3. The van der Waals surface area contributed by atoms with E-state index in [0.29, 0.717) is 36.1 Å². The van der Waals surface area contributed by atoms with Crippen LogP contribution in [0.5, 0.6) is 0 Å². The molecule has 1 aliphatic carbocycles. The van der Waals surface area contributed by atoms with E-state index < -0.39 is 17.2 Å². The summed E-state index contributed by atoms with van der Waals surface area (Å²) in [6.45, 7) is 3.01. The maximum atomic E-state index is 13.4. The molecule has 96 valence electrons. The van der Waals surface area contributed by atoms with Gasteiger partial charge in [-0.25, -0.2) is 4.98 Å². The van der Waals surface area contributed by atoms with Crippen molar-refractivity contribution in [3.63, 3.8) is 0 Å². The molecule has 0 aliphatic heterocycles. The zero-order valence-corrected chi connectivity index (χ0v) is 9.80. The molecule has 0 fully saturated rings. The number of hydrogen-bond donors (Lipinski definition) is 1. The van der Waals surface area contributed by atoms with Crippen molar-refractivity contribution in [1.82, 2.24) is 9.97 Å². The maximum Gasteiger partial charge on any atom is 0.313 e. The van der Waals surface area contributed by atoms with E-state index in [1.54, 1.807) is 6.08 Å². The van der Waals surface area contributed by atoms with Crippen molar-refractivity contribution >= 4 is 6.08 Å². The van der Waals surface area contributed by atoms with Crippen molar-refractivity contribution in [3.8, 4) is 0 Å². The van der Waals surface area contributed by atoms with Crippen molar-refractivity contribution in [2.24, 2.45) is 0 Å². The van der Waals surface area contributed by atoms with Gasteiger partial charge in [-0.3, -0.25) is 4.79 Å². The van der Waals surface area contributed by atoms with Crippen LogP contribution in [-0.4, -0.2) is 17.1 Å². The first kappa shape index (κ1) is 12.5. The fourth-order valence-corrected chi connectivity index (χ4v) is 1.77. The summed E-state index contributed by atoms with van der Waals surface area (Å²) in [5.74, 6) is -2.80. The zero-order chi connectivity index (χ0) is 13.3. The lowest BCUT2D eigenvalue weighted by atomic mass is 10.1. The number of fused-ring (bicyclic) bond motifs is 1. The fraction of sp³-hybridized carbons (Fsp3) is 0.333. The Morgan fingerprint density at radius 2 is 2.28 bits per heavy atom. The molecule has 1 aromatic heterocycles. The number of hydrogen-bond acceptors (Lipinski definition) is 3. The zero-order valence-electron chi connectivity index (χ0n) is 9.80. The van der Waals surface area contributed by atoms with Crippen molar-refractivity contribution in [2.45, 2.75) is 18.8 Å². The summed E-state index contributed by atoms with van der Waals surface area (Å²) in [6.07, 6.45) is 3.08. The van der Waals surface area contributed by atoms with Gasteiger partial charge in [-0.05, 0) is 12.5 Å². The summed E-state index contributed by atoms with van der Waals surface area (Å²) in [6, 6.07) is 0. The standard InChI is InChI=1S/C12H12F2N2O2/c1-3-12(13,14)10-11(17)16-8-5-4-7(18-2)6-9(8)15-10/h3,6H,1,4-5H2,2H3,(H,16,17). The summed E-state index contributed by atoms with van der Waals surface area (Å²) in [7, 11) is 1.50. The van der Waals surface area contributed by atoms with E-state index in [4.69, 9.17) is 4.74 Å². The number of allylic oxidation sites excluding steroid dienone is 2. The van der Waals surface area contributed by atoms with Gasteiger partial charge in [-0.1, -0.05) is 6.58 Å². The fourth-order valence-electron chi connectivity index (χ4n) is 1.77. The molecule has 18 heavy (non-hydrogen) atoms. The van der Waals surface area contributed by atoms with Crippen molar-refractivity contribution in [1.29, 1.82) is 0 Å². The molecule has 0 spiro atoms. The maximum absolute atomic E-state index is 13.4. The number of ether oxygens (including phenoxy) is 1. The lowest BCUT2D eigenvalue weighted by Crippen LogP contribution is -2.28. The Hall–Kier alpha value is -1.98. The number of nitrogens with one attached hydrogen (secondary N) is 1. The van der Waals surface area contributed by atoms with E-state index in [1.807, 2.05) is 0 Å². The second-order valence-corrected chi connectivity index (χ2v) is 3.92. The van der Waals surface area contributed by atoms with Crippen LogP contribution in [0.25, 0.3) is 6.08 Å². The smallest absolute Gasteiger partial charge is 0.313 e. The number of halogens is 2. The lowest BCUT2D eigenvalue weighted by Gasteiger charge is -2.17. The minimum atomic E-state index is -3.44. The predicted octanol–water partition coefficient (Wildman–Crippen LogP) is 1.98. The Bertz CT molecular complexity index is 576. The molecule has 0 bridgehead atoms. The molecule has 0 atom stereocenters. The van der Waals surface area contributed by atoms with Gasteiger partial charge >= 0.3 is 5.92 Å². The molecule has 6 heteroatoms. The minimum absolute atomic E-state index is 0.314. The summed E-state index contributed by atoms with van der Waals surface area (Å²) in [4.78, 5) is 17.7. The number of nitrogens with zero attached hydrogens (tertiary/aromatic N) is 1. The van der Waals surface area contributed by atoms with E-state index >= 15 is 0 Å². The normalized spacial score (nSPS) is 14.7. The van der Waals surface area contributed by atoms with Crippen LogP contribution in [0.3, 0.4) is 0 Å². The molecule has 0 saturated carbocycles. The molecule has 1 aliphatic rings. The predicted molar refractivity (Wildman–Crippen MR) is 62.3 cm³/mol. The second kappa shape index (κ2) is 4.36. The Morgan fingerprint density at radius 3 is 2.89 bits per heavy atom. The Morgan fingerprint density at radius 1 is 1.56 bits per heavy atom. The molecule has 0 aromatic carbocycles. The van der Waals surface area contributed by atoms with Gasteiger partial charge in [0.15, 0.2) is 5.69 Å². The van der Waals surface area contributed by atoms with Crippen LogP contribution in [0.15, 0.2) is 23.2 Å².